The van der Waals surface area contributed by atoms with Crippen LogP contribution in [-0.4, -0.2) is 31.6 Å². The van der Waals surface area contributed by atoms with Crippen LogP contribution in [0.15, 0.2) is 42.5 Å². The molecule has 3 N–H and O–H groups in total. The molecule has 24 heavy (non-hydrogen) atoms. The summed E-state index contributed by atoms with van der Waals surface area (Å²) in [5, 5.41) is 6.75. The molecule has 1 atom stereocenters. The zero-order chi connectivity index (χ0) is 17.5. The number of esters is 1. The quantitative estimate of drug-likeness (QED) is 0.763. The lowest BCUT2D eigenvalue weighted by atomic mass is 10.0. The molecule has 0 aliphatic rings. The van der Waals surface area contributed by atoms with Crippen molar-refractivity contribution in [1.82, 2.24) is 0 Å². The van der Waals surface area contributed by atoms with Crippen molar-refractivity contribution < 1.29 is 19.6 Å². The zero-order valence-electron chi connectivity index (χ0n) is 14.4. The van der Waals surface area contributed by atoms with Gasteiger partial charge in [0, 0.05) is 17.5 Å². The van der Waals surface area contributed by atoms with Crippen molar-refractivity contribution in [2.75, 3.05) is 19.0 Å². The van der Waals surface area contributed by atoms with E-state index >= 15 is 0 Å². The minimum absolute atomic E-state index is 0.135. The second kappa shape index (κ2) is 8.45. The summed E-state index contributed by atoms with van der Waals surface area (Å²) in [5.41, 5.74) is 0.782. The Morgan fingerprint density at radius 1 is 1.12 bits per heavy atom. The second-order valence-electron chi connectivity index (χ2n) is 6.27. The third-order valence-corrected chi connectivity index (χ3v) is 3.88. The van der Waals surface area contributed by atoms with Gasteiger partial charge in [0.05, 0.1) is 7.11 Å². The van der Waals surface area contributed by atoms with Gasteiger partial charge in [0.15, 0.2) is 12.6 Å². The van der Waals surface area contributed by atoms with E-state index in [1.54, 1.807) is 5.32 Å². The smallest absolute Gasteiger partial charge is 0.364 e. The summed E-state index contributed by atoms with van der Waals surface area (Å²) < 4.78 is 4.82. The Morgan fingerprint density at radius 3 is 2.54 bits per heavy atom. The van der Waals surface area contributed by atoms with E-state index < -0.39 is 0 Å². The highest BCUT2D eigenvalue weighted by atomic mass is 16.5. The monoisotopic (exact) mass is 329 g/mol. The van der Waals surface area contributed by atoms with E-state index in [1.807, 2.05) is 56.3 Å². The Balaban J connectivity index is 2.00. The SMILES string of the molecule is COC(=O)[C@H](CC(C)C)[NH2+]CC(=O)Nc1cccc2ccccc12. The molecule has 2 aromatic rings. The summed E-state index contributed by atoms with van der Waals surface area (Å²) in [7, 11) is 1.37. The number of carbonyl (C=O) groups is 2. The average molecular weight is 329 g/mol. The van der Waals surface area contributed by atoms with Gasteiger partial charge in [-0.15, -0.1) is 0 Å². The van der Waals surface area contributed by atoms with Crippen molar-refractivity contribution in [1.29, 1.82) is 0 Å². The van der Waals surface area contributed by atoms with Gasteiger partial charge in [0.1, 0.15) is 0 Å². The number of ether oxygens (including phenoxy) is 1. The van der Waals surface area contributed by atoms with Crippen molar-refractivity contribution in [3.8, 4) is 0 Å². The average Bonchev–Trinajstić information content (AvgIpc) is 2.58. The van der Waals surface area contributed by atoms with Crippen molar-refractivity contribution in [3.05, 3.63) is 42.5 Å². The number of amides is 1. The fourth-order valence-electron chi connectivity index (χ4n) is 2.73. The van der Waals surface area contributed by atoms with E-state index in [1.165, 1.54) is 7.11 Å². The predicted molar refractivity (Wildman–Crippen MR) is 94.6 cm³/mol. The number of benzene rings is 2. The maximum Gasteiger partial charge on any atom is 0.364 e. The van der Waals surface area contributed by atoms with Gasteiger partial charge in [-0.1, -0.05) is 50.2 Å². The van der Waals surface area contributed by atoms with Gasteiger partial charge in [0.2, 0.25) is 0 Å². The Labute approximate surface area is 142 Å². The molecule has 0 spiro atoms. The van der Waals surface area contributed by atoms with Gasteiger partial charge in [-0.3, -0.25) is 4.79 Å². The molecular weight excluding hydrogens is 304 g/mol. The third-order valence-electron chi connectivity index (χ3n) is 3.88. The summed E-state index contributed by atoms with van der Waals surface area (Å²) in [6, 6.07) is 13.3. The standard InChI is InChI=1S/C19H24N2O3/c1-13(2)11-17(19(23)24-3)20-12-18(22)21-16-10-6-8-14-7-4-5-9-15(14)16/h4-10,13,17,20H,11-12H2,1-3H3,(H,21,22)/p+1/t17-/m0/s1. The number of anilines is 1. The molecule has 0 unspecified atom stereocenters. The van der Waals surface area contributed by atoms with Crippen molar-refractivity contribution in [3.63, 3.8) is 0 Å². The molecule has 0 saturated heterocycles. The van der Waals surface area contributed by atoms with Gasteiger partial charge in [0.25, 0.3) is 5.91 Å². The lowest BCUT2D eigenvalue weighted by molar-refractivity contribution is -0.668. The molecule has 5 heteroatoms. The summed E-state index contributed by atoms with van der Waals surface area (Å²) in [5.74, 6) is -0.0721. The molecule has 2 rings (SSSR count). The minimum atomic E-state index is -0.353. The molecule has 0 aromatic heterocycles. The molecule has 0 aliphatic carbocycles. The summed E-state index contributed by atoms with van der Waals surface area (Å²) >= 11 is 0. The number of hydrogen-bond acceptors (Lipinski definition) is 3. The number of rotatable bonds is 7. The molecule has 5 nitrogen and oxygen atoms in total. The summed E-state index contributed by atoms with van der Waals surface area (Å²) in [6.07, 6.45) is 0.675. The first-order chi connectivity index (χ1) is 11.5. The predicted octanol–water partition coefficient (Wildman–Crippen LogP) is 1.93. The van der Waals surface area contributed by atoms with E-state index in [-0.39, 0.29) is 24.5 Å². The number of nitrogens with two attached hydrogens (primary N) is 1. The number of methoxy groups -OCH3 is 1. The first-order valence-electron chi connectivity index (χ1n) is 8.20. The van der Waals surface area contributed by atoms with Gasteiger partial charge in [-0.2, -0.15) is 0 Å². The molecule has 128 valence electrons. The summed E-state index contributed by atoms with van der Waals surface area (Å²) in [4.78, 5) is 24.1. The molecule has 0 bridgehead atoms. The van der Waals surface area contributed by atoms with Crippen LogP contribution >= 0.6 is 0 Å². The Morgan fingerprint density at radius 2 is 1.83 bits per heavy atom. The Bertz CT molecular complexity index is 707. The highest BCUT2D eigenvalue weighted by Gasteiger charge is 2.24. The largest absolute Gasteiger partial charge is 0.465 e. The van der Waals surface area contributed by atoms with Gasteiger partial charge < -0.3 is 15.4 Å². The minimum Gasteiger partial charge on any atom is -0.465 e. The second-order valence-corrected chi connectivity index (χ2v) is 6.27. The lowest BCUT2D eigenvalue weighted by Gasteiger charge is -2.15. The molecular formula is C19H25N2O3+. The number of hydrogen-bond donors (Lipinski definition) is 2. The van der Waals surface area contributed by atoms with Crippen LogP contribution in [0.4, 0.5) is 5.69 Å². The molecule has 0 saturated carbocycles. The van der Waals surface area contributed by atoms with Crippen molar-refractivity contribution in [2.45, 2.75) is 26.3 Å². The molecule has 2 aromatic carbocycles. The van der Waals surface area contributed by atoms with E-state index in [4.69, 9.17) is 4.74 Å². The van der Waals surface area contributed by atoms with Gasteiger partial charge in [-0.05, 0) is 17.4 Å². The highest BCUT2D eigenvalue weighted by Crippen LogP contribution is 2.22. The van der Waals surface area contributed by atoms with Crippen LogP contribution in [0.5, 0.6) is 0 Å². The molecule has 0 heterocycles. The first-order valence-corrected chi connectivity index (χ1v) is 8.20. The molecule has 1 amide bonds. The van der Waals surface area contributed by atoms with Crippen LogP contribution < -0.4 is 10.6 Å². The lowest BCUT2D eigenvalue weighted by Crippen LogP contribution is -2.93. The number of nitrogens with one attached hydrogen (secondary N) is 1. The normalized spacial score (nSPS) is 12.2. The maximum atomic E-state index is 12.3. The number of fused-ring (bicyclic) bond motifs is 1. The topological polar surface area (TPSA) is 72.0 Å². The van der Waals surface area contributed by atoms with Crippen LogP contribution in [0, 0.1) is 5.92 Å². The maximum absolute atomic E-state index is 12.3. The van der Waals surface area contributed by atoms with Crippen molar-refractivity contribution in [2.24, 2.45) is 5.92 Å². The fourth-order valence-corrected chi connectivity index (χ4v) is 2.73. The summed E-state index contributed by atoms with van der Waals surface area (Å²) in [6.45, 7) is 4.26. The molecule has 0 aliphatic heterocycles. The molecule has 0 fully saturated rings. The van der Waals surface area contributed by atoms with Crippen LogP contribution in [0.2, 0.25) is 0 Å². The van der Waals surface area contributed by atoms with E-state index in [0.717, 1.165) is 16.5 Å². The van der Waals surface area contributed by atoms with Gasteiger partial charge in [-0.25, -0.2) is 4.79 Å². The number of carbonyl (C=O) groups excluding carboxylic acids is 2. The van der Waals surface area contributed by atoms with E-state index in [0.29, 0.717) is 12.3 Å². The van der Waals surface area contributed by atoms with E-state index in [9.17, 15) is 9.59 Å². The Kier molecular flexibility index (Phi) is 6.32. The number of quaternary nitrogens is 1. The van der Waals surface area contributed by atoms with Crippen molar-refractivity contribution >= 4 is 28.3 Å². The van der Waals surface area contributed by atoms with Crippen LogP contribution in [0.3, 0.4) is 0 Å². The third kappa shape index (κ3) is 4.80. The van der Waals surface area contributed by atoms with Crippen LogP contribution in [0.1, 0.15) is 20.3 Å². The highest BCUT2D eigenvalue weighted by molar-refractivity contribution is 6.02. The fraction of sp³-hybridized carbons (Fsp3) is 0.368. The molecule has 0 radical (unpaired) electrons. The van der Waals surface area contributed by atoms with E-state index in [2.05, 4.69) is 5.32 Å². The Hall–Kier alpha value is -2.40. The first kappa shape index (κ1) is 17.9. The zero-order valence-corrected chi connectivity index (χ0v) is 14.4. The van der Waals surface area contributed by atoms with Gasteiger partial charge >= 0.3 is 5.97 Å². The van der Waals surface area contributed by atoms with Crippen LogP contribution in [-0.2, 0) is 14.3 Å². The van der Waals surface area contributed by atoms with Crippen LogP contribution in [0.25, 0.3) is 10.8 Å².